The summed E-state index contributed by atoms with van der Waals surface area (Å²) in [5.74, 6) is -1.38. The topological polar surface area (TPSA) is 91.8 Å². The zero-order valence-corrected chi connectivity index (χ0v) is 17.7. The van der Waals surface area contributed by atoms with E-state index in [1.165, 1.54) is 4.90 Å². The molecule has 1 amide bonds. The maximum atomic E-state index is 13.1. The summed E-state index contributed by atoms with van der Waals surface area (Å²) in [6.45, 7) is 0.337. The minimum atomic E-state index is -1.05. The normalized spacial score (nSPS) is 16.8. The fraction of sp³-hybridized carbons (Fsp3) is 0.273. The molecule has 1 saturated heterocycles. The Kier molecular flexibility index (Phi) is 7.70. The van der Waals surface area contributed by atoms with Crippen LogP contribution in [0, 0.1) is 0 Å². The molecule has 1 aliphatic heterocycles. The molecular formula is C22H21NO5S2. The van der Waals surface area contributed by atoms with Crippen molar-refractivity contribution in [2.45, 2.75) is 24.1 Å². The highest BCUT2D eigenvalue weighted by Crippen LogP contribution is 2.28. The lowest BCUT2D eigenvalue weighted by molar-refractivity contribution is -0.147. The van der Waals surface area contributed by atoms with Gasteiger partial charge in [-0.15, -0.1) is 0 Å². The van der Waals surface area contributed by atoms with Crippen LogP contribution in [0.5, 0.6) is 0 Å². The molecule has 2 atom stereocenters. The number of hydrogen-bond donors (Lipinski definition) is 1. The lowest BCUT2D eigenvalue weighted by Gasteiger charge is -2.26. The molecule has 6 nitrogen and oxygen atoms in total. The fourth-order valence-corrected chi connectivity index (χ4v) is 5.20. The highest BCUT2D eigenvalue weighted by molar-refractivity contribution is 8.18. The van der Waals surface area contributed by atoms with Crippen molar-refractivity contribution in [1.29, 1.82) is 0 Å². The molecule has 156 valence electrons. The minimum absolute atomic E-state index is 0.0820. The Bertz CT molecular complexity index is 920. The molecule has 0 radical (unpaired) electrons. The van der Waals surface area contributed by atoms with Gasteiger partial charge in [-0.2, -0.15) is 0 Å². The van der Waals surface area contributed by atoms with Crippen molar-refractivity contribution in [1.82, 2.24) is 4.90 Å². The molecule has 8 heteroatoms. The van der Waals surface area contributed by atoms with E-state index < -0.39 is 23.2 Å². The zero-order valence-electron chi connectivity index (χ0n) is 16.1. The van der Waals surface area contributed by atoms with Crippen molar-refractivity contribution in [3.63, 3.8) is 0 Å². The number of aliphatic carboxylic acids is 1. The lowest BCUT2D eigenvalue weighted by atomic mass is 10.2. The van der Waals surface area contributed by atoms with E-state index in [0.717, 1.165) is 23.5 Å². The molecule has 1 fully saturated rings. The van der Waals surface area contributed by atoms with Crippen LogP contribution < -0.4 is 0 Å². The number of carbonyl (C=O) groups excluding carboxylic acids is 3. The molecule has 0 saturated carbocycles. The Morgan fingerprint density at radius 2 is 1.50 bits per heavy atom. The summed E-state index contributed by atoms with van der Waals surface area (Å²) in [6, 6.07) is 16.4. The van der Waals surface area contributed by atoms with E-state index in [1.54, 1.807) is 54.6 Å². The van der Waals surface area contributed by atoms with Gasteiger partial charge in [0.25, 0.3) is 0 Å². The number of amides is 1. The first-order chi connectivity index (χ1) is 14.5. The molecule has 0 bridgehead atoms. The van der Waals surface area contributed by atoms with Gasteiger partial charge in [-0.25, -0.2) is 4.79 Å². The first kappa shape index (κ1) is 22.1. The monoisotopic (exact) mass is 443 g/mol. The van der Waals surface area contributed by atoms with E-state index in [1.807, 2.05) is 6.07 Å². The van der Waals surface area contributed by atoms with E-state index in [4.69, 9.17) is 0 Å². The Balaban J connectivity index is 1.75. The Labute approximate surface area is 183 Å². The third kappa shape index (κ3) is 5.52. The predicted molar refractivity (Wildman–Crippen MR) is 118 cm³/mol. The number of carboxylic acids is 1. The number of carboxylic acid groups (broad SMARTS) is 1. The van der Waals surface area contributed by atoms with Crippen LogP contribution in [0.25, 0.3) is 0 Å². The molecule has 2 aromatic rings. The Morgan fingerprint density at radius 1 is 0.933 bits per heavy atom. The van der Waals surface area contributed by atoms with Crippen LogP contribution in [0.4, 0.5) is 0 Å². The Morgan fingerprint density at radius 3 is 2.07 bits per heavy atom. The quantitative estimate of drug-likeness (QED) is 0.699. The molecule has 1 N–H and O–H groups in total. The zero-order chi connectivity index (χ0) is 21.5. The number of likely N-dealkylation sites (tertiary alicyclic amines) is 1. The van der Waals surface area contributed by atoms with Gasteiger partial charge < -0.3 is 10.0 Å². The van der Waals surface area contributed by atoms with Crippen LogP contribution in [0.2, 0.25) is 0 Å². The van der Waals surface area contributed by atoms with Crippen molar-refractivity contribution >= 4 is 45.6 Å². The van der Waals surface area contributed by atoms with E-state index in [2.05, 4.69) is 0 Å². The molecular weight excluding hydrogens is 422 g/mol. The molecule has 1 aliphatic rings. The Hall–Kier alpha value is -2.58. The molecule has 2 aromatic carbocycles. The first-order valence-electron chi connectivity index (χ1n) is 9.49. The van der Waals surface area contributed by atoms with Crippen molar-refractivity contribution in [2.75, 3.05) is 12.3 Å². The second-order valence-electron chi connectivity index (χ2n) is 6.75. The minimum Gasteiger partial charge on any atom is -0.480 e. The van der Waals surface area contributed by atoms with Gasteiger partial charge in [-0.05, 0) is 12.8 Å². The van der Waals surface area contributed by atoms with Crippen LogP contribution in [0.15, 0.2) is 60.7 Å². The van der Waals surface area contributed by atoms with Crippen LogP contribution in [-0.2, 0) is 9.59 Å². The number of carbonyl (C=O) groups is 4. The van der Waals surface area contributed by atoms with Crippen molar-refractivity contribution in [2.24, 2.45) is 0 Å². The maximum Gasteiger partial charge on any atom is 0.326 e. The summed E-state index contributed by atoms with van der Waals surface area (Å²) in [7, 11) is 0. The molecule has 1 heterocycles. The van der Waals surface area contributed by atoms with Crippen LogP contribution in [0.1, 0.15) is 33.6 Å². The van der Waals surface area contributed by atoms with Gasteiger partial charge in [-0.1, -0.05) is 84.2 Å². The van der Waals surface area contributed by atoms with Gasteiger partial charge in [0, 0.05) is 23.4 Å². The molecule has 0 unspecified atom stereocenters. The number of nitrogens with zero attached hydrogens (tertiary/aromatic N) is 1. The predicted octanol–water partition coefficient (Wildman–Crippen LogP) is 3.58. The van der Waals surface area contributed by atoms with E-state index >= 15 is 0 Å². The molecule has 0 spiro atoms. The number of hydrogen-bond acceptors (Lipinski definition) is 6. The largest absolute Gasteiger partial charge is 0.480 e. The first-order valence-corrected chi connectivity index (χ1v) is 11.4. The summed E-state index contributed by atoms with van der Waals surface area (Å²) in [5, 5.41) is 8.08. The second kappa shape index (κ2) is 10.4. The summed E-state index contributed by atoms with van der Waals surface area (Å²) < 4.78 is 0. The SMILES string of the molecule is O=C(SC[C@@H](SC(=O)c1ccccc1)C(=O)N1CCC[C@H]1C(=O)O)c1ccccc1. The van der Waals surface area contributed by atoms with E-state index in [-0.39, 0.29) is 16.0 Å². The standard InChI is InChI=1S/C22H21NO5S2/c24-19(23-13-7-12-17(23)20(25)26)18(30-22(28)16-10-5-2-6-11-16)14-29-21(27)15-8-3-1-4-9-15/h1-6,8-11,17-18H,7,12-14H2,(H,25,26)/t17-,18+/m0/s1. The maximum absolute atomic E-state index is 13.1. The summed E-state index contributed by atoms with van der Waals surface area (Å²) >= 11 is 1.81. The summed E-state index contributed by atoms with van der Waals surface area (Å²) in [5.41, 5.74) is 0.966. The molecule has 30 heavy (non-hydrogen) atoms. The smallest absolute Gasteiger partial charge is 0.326 e. The van der Waals surface area contributed by atoms with Crippen LogP contribution in [0.3, 0.4) is 0 Å². The molecule has 3 rings (SSSR count). The van der Waals surface area contributed by atoms with Crippen molar-refractivity contribution in [3.05, 3.63) is 71.8 Å². The van der Waals surface area contributed by atoms with Gasteiger partial charge in [0.2, 0.25) is 16.1 Å². The number of thioether (sulfide) groups is 2. The van der Waals surface area contributed by atoms with Gasteiger partial charge in [0.1, 0.15) is 11.3 Å². The second-order valence-corrected chi connectivity index (χ2v) is 8.92. The number of rotatable bonds is 7. The summed E-state index contributed by atoms with van der Waals surface area (Å²) in [6.07, 6.45) is 0.990. The van der Waals surface area contributed by atoms with E-state index in [9.17, 15) is 24.3 Å². The lowest BCUT2D eigenvalue weighted by Crippen LogP contribution is -2.45. The van der Waals surface area contributed by atoms with Crippen molar-refractivity contribution in [3.8, 4) is 0 Å². The van der Waals surface area contributed by atoms with Crippen molar-refractivity contribution < 1.29 is 24.3 Å². The average Bonchev–Trinajstić information content (AvgIpc) is 3.27. The molecule has 0 aromatic heterocycles. The van der Waals surface area contributed by atoms with Gasteiger partial charge in [0.15, 0.2) is 0 Å². The number of benzene rings is 2. The molecule has 0 aliphatic carbocycles. The highest BCUT2D eigenvalue weighted by atomic mass is 32.2. The van der Waals surface area contributed by atoms with Gasteiger partial charge >= 0.3 is 5.97 Å². The van der Waals surface area contributed by atoms with E-state index in [0.29, 0.717) is 30.5 Å². The third-order valence-corrected chi connectivity index (χ3v) is 7.04. The third-order valence-electron chi connectivity index (χ3n) is 4.73. The van der Waals surface area contributed by atoms with Crippen LogP contribution >= 0.6 is 23.5 Å². The fourth-order valence-electron chi connectivity index (χ4n) is 3.21. The van der Waals surface area contributed by atoms with Crippen LogP contribution in [-0.4, -0.2) is 55.7 Å². The van der Waals surface area contributed by atoms with Gasteiger partial charge in [-0.3, -0.25) is 14.4 Å². The highest BCUT2D eigenvalue weighted by Gasteiger charge is 2.38. The summed E-state index contributed by atoms with van der Waals surface area (Å²) in [4.78, 5) is 51.1. The average molecular weight is 444 g/mol. The van der Waals surface area contributed by atoms with Gasteiger partial charge in [0.05, 0.1) is 0 Å².